The molecule has 0 radical (unpaired) electrons. The van der Waals surface area contributed by atoms with E-state index in [-0.39, 0.29) is 5.54 Å². The second-order valence-electron chi connectivity index (χ2n) is 6.66. The largest absolute Gasteiger partial charge is 0.371 e. The molecule has 1 atom stereocenters. The van der Waals surface area contributed by atoms with Crippen molar-refractivity contribution in [3.63, 3.8) is 0 Å². The van der Waals surface area contributed by atoms with Crippen molar-refractivity contribution < 1.29 is 0 Å². The monoisotopic (exact) mass is 324 g/mol. The van der Waals surface area contributed by atoms with Gasteiger partial charge in [0.2, 0.25) is 0 Å². The van der Waals surface area contributed by atoms with Crippen molar-refractivity contribution in [2.75, 3.05) is 24.5 Å². The molecule has 0 aromatic heterocycles. The van der Waals surface area contributed by atoms with Crippen LogP contribution in [0.5, 0.6) is 0 Å². The summed E-state index contributed by atoms with van der Waals surface area (Å²) in [6.07, 6.45) is 1.29. The van der Waals surface area contributed by atoms with E-state index in [1.54, 1.807) is 0 Å². The maximum absolute atomic E-state index is 3.63. The highest BCUT2D eigenvalue weighted by Gasteiger charge is 2.24. The molecule has 1 aromatic rings. The van der Waals surface area contributed by atoms with Crippen LogP contribution in [0.2, 0.25) is 0 Å². The smallest absolute Gasteiger partial charge is 0.0396 e. The lowest BCUT2D eigenvalue weighted by Gasteiger charge is -2.24. The number of nitrogens with zero attached hydrogens (tertiary/aromatic N) is 1. The van der Waals surface area contributed by atoms with E-state index in [4.69, 9.17) is 0 Å². The summed E-state index contributed by atoms with van der Waals surface area (Å²) < 4.78 is 1.17. The number of halogens is 1. The summed E-state index contributed by atoms with van der Waals surface area (Å²) in [4.78, 5) is 2.52. The molecule has 0 bridgehead atoms. The number of aryl methyl sites for hydroxylation is 1. The van der Waals surface area contributed by atoms with Crippen molar-refractivity contribution in [2.45, 2.75) is 39.7 Å². The van der Waals surface area contributed by atoms with Crippen LogP contribution in [0.15, 0.2) is 22.7 Å². The van der Waals surface area contributed by atoms with Crippen molar-refractivity contribution in [3.05, 3.63) is 28.2 Å². The van der Waals surface area contributed by atoms with Crippen LogP contribution in [0.1, 0.15) is 32.8 Å². The standard InChI is InChI=1S/C16H25BrN2/c1-12-9-14(17)5-6-15(12)19-8-7-13(11-19)10-18-16(2,3)4/h5-6,9,13,18H,7-8,10-11H2,1-4H3. The van der Waals surface area contributed by atoms with E-state index in [1.165, 1.54) is 35.2 Å². The molecule has 2 rings (SSSR count). The third-order valence-electron chi connectivity index (χ3n) is 3.71. The molecule has 0 saturated carbocycles. The zero-order valence-corrected chi connectivity index (χ0v) is 14.0. The Hall–Kier alpha value is -0.540. The van der Waals surface area contributed by atoms with E-state index in [2.05, 4.69) is 72.0 Å². The van der Waals surface area contributed by atoms with Crippen LogP contribution < -0.4 is 10.2 Å². The predicted molar refractivity (Wildman–Crippen MR) is 87.0 cm³/mol. The van der Waals surface area contributed by atoms with Gasteiger partial charge in [0, 0.05) is 35.3 Å². The summed E-state index contributed by atoms with van der Waals surface area (Å²) in [5, 5.41) is 3.63. The molecule has 106 valence electrons. The quantitative estimate of drug-likeness (QED) is 0.904. The fourth-order valence-corrected chi connectivity index (χ4v) is 3.12. The van der Waals surface area contributed by atoms with Gasteiger partial charge in [-0.15, -0.1) is 0 Å². The minimum Gasteiger partial charge on any atom is -0.371 e. The van der Waals surface area contributed by atoms with Gasteiger partial charge in [0.1, 0.15) is 0 Å². The van der Waals surface area contributed by atoms with Crippen LogP contribution in [0.25, 0.3) is 0 Å². The molecule has 1 aliphatic rings. The lowest BCUT2D eigenvalue weighted by atomic mass is 10.1. The van der Waals surface area contributed by atoms with Crippen LogP contribution in [-0.4, -0.2) is 25.2 Å². The molecule has 1 unspecified atom stereocenters. The van der Waals surface area contributed by atoms with Gasteiger partial charge in [0.05, 0.1) is 0 Å². The molecular formula is C16H25BrN2. The second kappa shape index (κ2) is 5.84. The third-order valence-corrected chi connectivity index (χ3v) is 4.20. The van der Waals surface area contributed by atoms with E-state index in [0.29, 0.717) is 0 Å². The first kappa shape index (κ1) is 14.9. The summed E-state index contributed by atoms with van der Waals surface area (Å²) in [5.41, 5.74) is 2.97. The van der Waals surface area contributed by atoms with Crippen LogP contribution >= 0.6 is 15.9 Å². The minimum absolute atomic E-state index is 0.223. The van der Waals surface area contributed by atoms with Crippen molar-refractivity contribution in [2.24, 2.45) is 5.92 Å². The number of benzene rings is 1. The number of hydrogen-bond donors (Lipinski definition) is 1. The molecule has 19 heavy (non-hydrogen) atoms. The SMILES string of the molecule is Cc1cc(Br)ccc1N1CCC(CNC(C)(C)C)C1. The number of rotatable bonds is 3. The minimum atomic E-state index is 0.223. The second-order valence-corrected chi connectivity index (χ2v) is 7.58. The van der Waals surface area contributed by atoms with Gasteiger partial charge >= 0.3 is 0 Å². The summed E-state index contributed by atoms with van der Waals surface area (Å²) in [6.45, 7) is 12.4. The summed E-state index contributed by atoms with van der Waals surface area (Å²) >= 11 is 3.53. The summed E-state index contributed by atoms with van der Waals surface area (Å²) in [5.74, 6) is 0.766. The predicted octanol–water partition coefficient (Wildman–Crippen LogP) is 3.97. The highest BCUT2D eigenvalue weighted by molar-refractivity contribution is 9.10. The molecule has 0 aliphatic carbocycles. The van der Waals surface area contributed by atoms with Crippen molar-refractivity contribution >= 4 is 21.6 Å². The first-order chi connectivity index (χ1) is 8.85. The molecule has 2 nitrogen and oxygen atoms in total. The zero-order valence-electron chi connectivity index (χ0n) is 12.5. The highest BCUT2D eigenvalue weighted by Crippen LogP contribution is 2.28. The first-order valence-corrected chi connectivity index (χ1v) is 7.90. The maximum Gasteiger partial charge on any atom is 0.0396 e. The van der Waals surface area contributed by atoms with E-state index in [1.807, 2.05) is 0 Å². The lowest BCUT2D eigenvalue weighted by Crippen LogP contribution is -2.39. The molecule has 1 saturated heterocycles. The van der Waals surface area contributed by atoms with Crippen molar-refractivity contribution in [3.8, 4) is 0 Å². The average molecular weight is 325 g/mol. The Bertz CT molecular complexity index is 437. The van der Waals surface area contributed by atoms with E-state index < -0.39 is 0 Å². The van der Waals surface area contributed by atoms with Gasteiger partial charge in [-0.05, 0) is 63.8 Å². The Balaban J connectivity index is 1.94. The van der Waals surface area contributed by atoms with Gasteiger partial charge < -0.3 is 10.2 Å². The number of hydrogen-bond acceptors (Lipinski definition) is 2. The Morgan fingerprint density at radius 3 is 2.74 bits per heavy atom. The normalized spacial score (nSPS) is 20.1. The molecule has 0 spiro atoms. The maximum atomic E-state index is 3.63. The molecule has 1 aliphatic heterocycles. The van der Waals surface area contributed by atoms with Crippen molar-refractivity contribution in [1.29, 1.82) is 0 Å². The van der Waals surface area contributed by atoms with E-state index in [0.717, 1.165) is 12.5 Å². The summed E-state index contributed by atoms with van der Waals surface area (Å²) in [6, 6.07) is 6.58. The topological polar surface area (TPSA) is 15.3 Å². The van der Waals surface area contributed by atoms with Crippen LogP contribution in [-0.2, 0) is 0 Å². The van der Waals surface area contributed by atoms with Crippen LogP contribution in [0.4, 0.5) is 5.69 Å². The Kier molecular flexibility index (Phi) is 4.57. The summed E-state index contributed by atoms with van der Waals surface area (Å²) in [7, 11) is 0. The average Bonchev–Trinajstić information content (AvgIpc) is 2.74. The number of anilines is 1. The van der Waals surface area contributed by atoms with Crippen molar-refractivity contribution in [1.82, 2.24) is 5.32 Å². The first-order valence-electron chi connectivity index (χ1n) is 7.11. The molecule has 1 N–H and O–H groups in total. The fourth-order valence-electron chi connectivity index (χ4n) is 2.64. The lowest BCUT2D eigenvalue weighted by molar-refractivity contribution is 0.383. The van der Waals surface area contributed by atoms with Gasteiger partial charge in [0.15, 0.2) is 0 Å². The van der Waals surface area contributed by atoms with Gasteiger partial charge in [-0.25, -0.2) is 0 Å². The molecule has 1 aromatic carbocycles. The Morgan fingerprint density at radius 1 is 1.37 bits per heavy atom. The van der Waals surface area contributed by atoms with Gasteiger partial charge in [-0.3, -0.25) is 0 Å². The van der Waals surface area contributed by atoms with Gasteiger partial charge in [-0.1, -0.05) is 15.9 Å². The Labute approximate surface area is 125 Å². The molecule has 1 heterocycles. The molecule has 3 heteroatoms. The van der Waals surface area contributed by atoms with Crippen LogP contribution in [0, 0.1) is 12.8 Å². The molecule has 0 amide bonds. The van der Waals surface area contributed by atoms with E-state index in [9.17, 15) is 0 Å². The highest BCUT2D eigenvalue weighted by atomic mass is 79.9. The van der Waals surface area contributed by atoms with Crippen LogP contribution in [0.3, 0.4) is 0 Å². The molecular weight excluding hydrogens is 300 g/mol. The fraction of sp³-hybridized carbons (Fsp3) is 0.625. The van der Waals surface area contributed by atoms with Gasteiger partial charge in [0.25, 0.3) is 0 Å². The Morgan fingerprint density at radius 2 is 2.11 bits per heavy atom. The number of nitrogens with one attached hydrogen (secondary N) is 1. The molecule has 1 fully saturated rings. The third kappa shape index (κ3) is 4.22. The zero-order chi connectivity index (χ0) is 14.0. The van der Waals surface area contributed by atoms with Gasteiger partial charge in [-0.2, -0.15) is 0 Å². The van der Waals surface area contributed by atoms with E-state index >= 15 is 0 Å².